The summed E-state index contributed by atoms with van der Waals surface area (Å²) in [6.07, 6.45) is 6.72. The molecule has 0 amide bonds. The standard InChI is InChI=1S/C21H29N3O2/c1-17-15-18(8-9-22-17)24-11-4-10-23(12-13-24)16-19-6-7-21(26-19)20-5-2-3-14-25-20/h6-9,15,20H,2-5,10-14,16H2,1H3/t20-/m1/s1. The van der Waals surface area contributed by atoms with E-state index in [9.17, 15) is 0 Å². The Morgan fingerprint density at radius 3 is 2.88 bits per heavy atom. The van der Waals surface area contributed by atoms with Crippen LogP contribution in [-0.4, -0.2) is 42.7 Å². The third-order valence-electron chi connectivity index (χ3n) is 5.39. The first kappa shape index (κ1) is 17.6. The summed E-state index contributed by atoms with van der Waals surface area (Å²) in [6, 6.07) is 8.53. The lowest BCUT2D eigenvalue weighted by Crippen LogP contribution is -2.30. The van der Waals surface area contributed by atoms with Gasteiger partial charge in [0.05, 0.1) is 6.54 Å². The van der Waals surface area contributed by atoms with Gasteiger partial charge in [-0.3, -0.25) is 9.88 Å². The lowest BCUT2D eigenvalue weighted by molar-refractivity contribution is 0.000872. The van der Waals surface area contributed by atoms with E-state index in [2.05, 4.69) is 46.0 Å². The minimum Gasteiger partial charge on any atom is -0.462 e. The van der Waals surface area contributed by atoms with Gasteiger partial charge in [-0.1, -0.05) is 0 Å². The molecule has 2 aliphatic rings. The largest absolute Gasteiger partial charge is 0.462 e. The Bertz CT molecular complexity index is 709. The van der Waals surface area contributed by atoms with Gasteiger partial charge < -0.3 is 14.1 Å². The van der Waals surface area contributed by atoms with Crippen molar-refractivity contribution >= 4 is 5.69 Å². The van der Waals surface area contributed by atoms with Crippen molar-refractivity contribution in [1.82, 2.24) is 9.88 Å². The Kier molecular flexibility index (Phi) is 5.56. The van der Waals surface area contributed by atoms with Crippen LogP contribution in [0.25, 0.3) is 0 Å². The maximum absolute atomic E-state index is 6.11. The average molecular weight is 355 g/mol. The highest BCUT2D eigenvalue weighted by Gasteiger charge is 2.21. The maximum Gasteiger partial charge on any atom is 0.133 e. The van der Waals surface area contributed by atoms with Crippen molar-refractivity contribution < 1.29 is 9.15 Å². The van der Waals surface area contributed by atoms with Crippen LogP contribution in [-0.2, 0) is 11.3 Å². The van der Waals surface area contributed by atoms with Crippen LogP contribution in [0, 0.1) is 6.92 Å². The van der Waals surface area contributed by atoms with E-state index in [-0.39, 0.29) is 6.10 Å². The Morgan fingerprint density at radius 1 is 1.08 bits per heavy atom. The van der Waals surface area contributed by atoms with E-state index in [1.54, 1.807) is 0 Å². The van der Waals surface area contributed by atoms with Crippen LogP contribution in [0.15, 0.2) is 34.9 Å². The lowest BCUT2D eigenvalue weighted by atomic mass is 10.1. The third-order valence-corrected chi connectivity index (χ3v) is 5.39. The van der Waals surface area contributed by atoms with Crippen LogP contribution < -0.4 is 4.90 Å². The number of aryl methyl sites for hydroxylation is 1. The van der Waals surface area contributed by atoms with Crippen LogP contribution in [0.4, 0.5) is 5.69 Å². The summed E-state index contributed by atoms with van der Waals surface area (Å²) in [7, 11) is 0. The summed E-state index contributed by atoms with van der Waals surface area (Å²) in [5.41, 5.74) is 2.37. The molecule has 0 unspecified atom stereocenters. The summed E-state index contributed by atoms with van der Waals surface area (Å²) < 4.78 is 11.9. The van der Waals surface area contributed by atoms with E-state index in [0.717, 1.165) is 63.0 Å². The van der Waals surface area contributed by atoms with Crippen LogP contribution in [0.2, 0.25) is 0 Å². The van der Waals surface area contributed by atoms with Crippen molar-refractivity contribution in [2.45, 2.75) is 45.3 Å². The van der Waals surface area contributed by atoms with Gasteiger partial charge in [-0.05, 0) is 56.9 Å². The van der Waals surface area contributed by atoms with Gasteiger partial charge in [-0.2, -0.15) is 0 Å². The van der Waals surface area contributed by atoms with Crippen molar-refractivity contribution in [3.8, 4) is 0 Å². The van der Waals surface area contributed by atoms with Crippen LogP contribution in [0.5, 0.6) is 0 Å². The third kappa shape index (κ3) is 4.27. The molecule has 1 atom stereocenters. The number of rotatable bonds is 4. The Hall–Kier alpha value is -1.85. The van der Waals surface area contributed by atoms with Crippen LogP contribution >= 0.6 is 0 Å². The molecule has 2 aromatic heterocycles. The predicted molar refractivity (Wildman–Crippen MR) is 102 cm³/mol. The minimum atomic E-state index is 0.159. The van der Waals surface area contributed by atoms with E-state index >= 15 is 0 Å². The molecule has 2 aromatic rings. The highest BCUT2D eigenvalue weighted by molar-refractivity contribution is 5.46. The van der Waals surface area contributed by atoms with Gasteiger partial charge >= 0.3 is 0 Å². The van der Waals surface area contributed by atoms with Crippen molar-refractivity contribution in [2.75, 3.05) is 37.7 Å². The molecule has 0 saturated carbocycles. The van der Waals surface area contributed by atoms with E-state index < -0.39 is 0 Å². The normalized spacial score (nSPS) is 22.3. The maximum atomic E-state index is 6.11. The van der Waals surface area contributed by atoms with Crippen molar-refractivity contribution in [2.24, 2.45) is 0 Å². The molecular formula is C21H29N3O2. The van der Waals surface area contributed by atoms with Gasteiger partial charge in [-0.25, -0.2) is 0 Å². The van der Waals surface area contributed by atoms with E-state index in [1.165, 1.54) is 24.9 Å². The number of nitrogens with zero attached hydrogens (tertiary/aromatic N) is 3. The van der Waals surface area contributed by atoms with Crippen molar-refractivity contribution in [3.63, 3.8) is 0 Å². The first-order chi connectivity index (χ1) is 12.8. The summed E-state index contributed by atoms with van der Waals surface area (Å²) in [5, 5.41) is 0. The van der Waals surface area contributed by atoms with Gasteiger partial charge in [0.25, 0.3) is 0 Å². The van der Waals surface area contributed by atoms with Crippen LogP contribution in [0.1, 0.15) is 49.0 Å². The molecule has 0 spiro atoms. The number of pyridine rings is 1. The summed E-state index contributed by atoms with van der Waals surface area (Å²) in [6.45, 7) is 8.10. The number of hydrogen-bond donors (Lipinski definition) is 0. The molecule has 4 heterocycles. The molecule has 4 rings (SSSR count). The fraction of sp³-hybridized carbons (Fsp3) is 0.571. The fourth-order valence-corrected chi connectivity index (χ4v) is 3.95. The van der Waals surface area contributed by atoms with E-state index in [4.69, 9.17) is 9.15 Å². The zero-order chi connectivity index (χ0) is 17.8. The van der Waals surface area contributed by atoms with E-state index in [0.29, 0.717) is 0 Å². The number of hydrogen-bond acceptors (Lipinski definition) is 5. The lowest BCUT2D eigenvalue weighted by Gasteiger charge is -2.23. The SMILES string of the molecule is Cc1cc(N2CCCN(Cc3ccc([C@H]4CCCCO4)o3)CC2)ccn1. The second-order valence-electron chi connectivity index (χ2n) is 7.43. The molecule has 0 aliphatic carbocycles. The highest BCUT2D eigenvalue weighted by atomic mass is 16.5. The fourth-order valence-electron chi connectivity index (χ4n) is 3.95. The quantitative estimate of drug-likeness (QED) is 0.831. The van der Waals surface area contributed by atoms with Crippen molar-refractivity contribution in [1.29, 1.82) is 0 Å². The van der Waals surface area contributed by atoms with Gasteiger partial charge in [0.1, 0.15) is 17.6 Å². The molecule has 0 N–H and O–H groups in total. The number of furan rings is 1. The molecule has 2 saturated heterocycles. The number of ether oxygens (including phenoxy) is 1. The zero-order valence-electron chi connectivity index (χ0n) is 15.7. The summed E-state index contributed by atoms with van der Waals surface area (Å²) in [5.74, 6) is 2.06. The molecular weight excluding hydrogens is 326 g/mol. The zero-order valence-corrected chi connectivity index (χ0v) is 15.7. The Morgan fingerprint density at radius 2 is 2.04 bits per heavy atom. The van der Waals surface area contributed by atoms with E-state index in [1.807, 2.05) is 6.20 Å². The molecule has 0 bridgehead atoms. The molecule has 5 heteroatoms. The topological polar surface area (TPSA) is 41.7 Å². The highest BCUT2D eigenvalue weighted by Crippen LogP contribution is 2.29. The monoisotopic (exact) mass is 355 g/mol. The van der Waals surface area contributed by atoms with Gasteiger partial charge in [-0.15, -0.1) is 0 Å². The Balaban J connectivity index is 1.34. The molecule has 26 heavy (non-hydrogen) atoms. The smallest absolute Gasteiger partial charge is 0.133 e. The first-order valence-electron chi connectivity index (χ1n) is 9.88. The second-order valence-corrected chi connectivity index (χ2v) is 7.43. The molecule has 0 aromatic carbocycles. The predicted octanol–water partition coefficient (Wildman–Crippen LogP) is 3.94. The number of anilines is 1. The van der Waals surface area contributed by atoms with Gasteiger partial charge in [0.2, 0.25) is 0 Å². The molecule has 2 fully saturated rings. The molecule has 0 radical (unpaired) electrons. The Labute approximate surface area is 156 Å². The van der Waals surface area contributed by atoms with Crippen molar-refractivity contribution in [3.05, 3.63) is 47.7 Å². The summed E-state index contributed by atoms with van der Waals surface area (Å²) in [4.78, 5) is 9.28. The van der Waals surface area contributed by atoms with Gasteiger partial charge in [0, 0.05) is 50.4 Å². The number of aromatic nitrogens is 1. The molecule has 5 nitrogen and oxygen atoms in total. The summed E-state index contributed by atoms with van der Waals surface area (Å²) >= 11 is 0. The molecule has 2 aliphatic heterocycles. The second kappa shape index (κ2) is 8.23. The van der Waals surface area contributed by atoms with Gasteiger partial charge in [0.15, 0.2) is 0 Å². The molecule has 140 valence electrons. The first-order valence-corrected chi connectivity index (χ1v) is 9.88. The van der Waals surface area contributed by atoms with Crippen LogP contribution in [0.3, 0.4) is 0 Å². The minimum absolute atomic E-state index is 0.159. The average Bonchev–Trinajstić information content (AvgIpc) is 3.00.